The van der Waals surface area contributed by atoms with Crippen molar-refractivity contribution in [1.82, 2.24) is 4.98 Å². The molecule has 3 aromatic rings. The van der Waals surface area contributed by atoms with E-state index in [1.807, 2.05) is 0 Å². The maximum atomic E-state index is 12.8. The molecule has 2 aromatic carbocycles. The molecule has 0 saturated heterocycles. The fraction of sp³-hybridized carbons (Fsp3) is 0.0667. The van der Waals surface area contributed by atoms with Crippen molar-refractivity contribution < 1.29 is 23.0 Å². The van der Waals surface area contributed by atoms with Crippen LogP contribution in [-0.4, -0.2) is 10.1 Å². The number of hydrogen-bond donors (Lipinski definition) is 2. The second-order valence-electron chi connectivity index (χ2n) is 4.48. The Morgan fingerprint density at radius 1 is 1.00 bits per heavy atom. The Labute approximate surface area is 117 Å². The van der Waals surface area contributed by atoms with Crippen LogP contribution in [0.4, 0.5) is 13.2 Å². The topological polar surface area (TPSA) is 45.2 Å². The molecule has 0 fully saturated rings. The third-order valence-electron chi connectivity index (χ3n) is 3.06. The predicted molar refractivity (Wildman–Crippen MR) is 71.5 cm³/mol. The minimum atomic E-state index is -4.42. The van der Waals surface area contributed by atoms with Gasteiger partial charge in [0, 0.05) is 17.1 Å². The third kappa shape index (κ3) is 2.52. The fourth-order valence-electron chi connectivity index (χ4n) is 2.02. The molecule has 0 unspecified atom stereocenters. The molecule has 1 heterocycles. The van der Waals surface area contributed by atoms with Crippen LogP contribution in [0.25, 0.3) is 10.9 Å². The van der Waals surface area contributed by atoms with Gasteiger partial charge in [-0.15, -0.1) is 0 Å². The van der Waals surface area contributed by atoms with Gasteiger partial charge >= 0.3 is 6.18 Å². The molecule has 3 nitrogen and oxygen atoms in total. The van der Waals surface area contributed by atoms with Crippen molar-refractivity contribution in [1.29, 1.82) is 0 Å². The van der Waals surface area contributed by atoms with Crippen LogP contribution in [0, 0.1) is 0 Å². The van der Waals surface area contributed by atoms with E-state index in [-0.39, 0.29) is 17.2 Å². The molecule has 0 aliphatic rings. The summed E-state index contributed by atoms with van der Waals surface area (Å²) in [6.07, 6.45) is -2.96. The molecule has 0 spiro atoms. The van der Waals surface area contributed by atoms with Crippen molar-refractivity contribution in [2.24, 2.45) is 0 Å². The lowest BCUT2D eigenvalue weighted by Crippen LogP contribution is -2.04. The van der Waals surface area contributed by atoms with Crippen LogP contribution in [0.15, 0.2) is 48.7 Å². The molecule has 0 amide bonds. The van der Waals surface area contributed by atoms with Gasteiger partial charge < -0.3 is 14.8 Å². The number of ether oxygens (including phenoxy) is 1. The largest absolute Gasteiger partial charge is 0.504 e. The summed E-state index contributed by atoms with van der Waals surface area (Å²) in [7, 11) is 0. The summed E-state index contributed by atoms with van der Waals surface area (Å²) in [5.74, 6) is 0.312. The summed E-state index contributed by atoms with van der Waals surface area (Å²) in [5.41, 5.74) is -0.231. The number of H-pyrrole nitrogens is 1. The number of benzene rings is 2. The third-order valence-corrected chi connectivity index (χ3v) is 3.06. The zero-order chi connectivity index (χ0) is 15.0. The van der Waals surface area contributed by atoms with Gasteiger partial charge in [0.25, 0.3) is 0 Å². The average Bonchev–Trinajstić information content (AvgIpc) is 2.83. The predicted octanol–water partition coefficient (Wildman–Crippen LogP) is 4.68. The summed E-state index contributed by atoms with van der Waals surface area (Å²) in [5, 5.41) is 9.95. The van der Waals surface area contributed by atoms with Crippen molar-refractivity contribution in [3.63, 3.8) is 0 Å². The molecule has 0 bridgehead atoms. The number of aromatic nitrogens is 1. The summed E-state index contributed by atoms with van der Waals surface area (Å²) >= 11 is 0. The molecule has 2 N–H and O–H groups in total. The van der Waals surface area contributed by atoms with Gasteiger partial charge in [-0.25, -0.2) is 0 Å². The van der Waals surface area contributed by atoms with Crippen molar-refractivity contribution in [3.8, 4) is 17.2 Å². The highest BCUT2D eigenvalue weighted by Crippen LogP contribution is 2.37. The lowest BCUT2D eigenvalue weighted by molar-refractivity contribution is -0.137. The Hall–Kier alpha value is -2.63. The van der Waals surface area contributed by atoms with Crippen LogP contribution in [0.2, 0.25) is 0 Å². The number of aromatic hydroxyl groups is 1. The minimum absolute atomic E-state index is 0.0844. The van der Waals surface area contributed by atoms with E-state index in [0.717, 1.165) is 12.1 Å². The first kappa shape index (κ1) is 13.4. The van der Waals surface area contributed by atoms with E-state index in [1.165, 1.54) is 24.4 Å². The van der Waals surface area contributed by atoms with Gasteiger partial charge in [-0.2, -0.15) is 13.2 Å². The molecule has 3 rings (SSSR count). The summed E-state index contributed by atoms with van der Waals surface area (Å²) in [4.78, 5) is 2.83. The Bertz CT molecular complexity index is 793. The Kier molecular flexibility index (Phi) is 3.01. The number of fused-ring (bicyclic) bond motifs is 1. The first-order valence-electron chi connectivity index (χ1n) is 6.09. The number of hydrogen-bond acceptors (Lipinski definition) is 2. The molecule has 108 valence electrons. The second-order valence-corrected chi connectivity index (χ2v) is 4.48. The molecule has 0 aliphatic heterocycles. The Balaban J connectivity index is 2.05. The highest BCUT2D eigenvalue weighted by Gasteiger charge is 2.30. The lowest BCUT2D eigenvalue weighted by Gasteiger charge is -2.08. The second kappa shape index (κ2) is 4.73. The fourth-order valence-corrected chi connectivity index (χ4v) is 2.02. The van der Waals surface area contributed by atoms with Gasteiger partial charge in [0.1, 0.15) is 0 Å². The van der Waals surface area contributed by atoms with E-state index in [4.69, 9.17) is 4.74 Å². The van der Waals surface area contributed by atoms with Crippen molar-refractivity contribution >= 4 is 10.9 Å². The lowest BCUT2D eigenvalue weighted by atomic mass is 10.1. The molecular weight excluding hydrogens is 283 g/mol. The monoisotopic (exact) mass is 293 g/mol. The first-order valence-corrected chi connectivity index (χ1v) is 6.09. The van der Waals surface area contributed by atoms with E-state index >= 15 is 0 Å². The maximum absolute atomic E-state index is 12.8. The molecule has 0 atom stereocenters. The number of halogens is 3. The molecular formula is C15H10F3NO2. The number of aromatic amines is 1. The van der Waals surface area contributed by atoms with Crippen LogP contribution in [-0.2, 0) is 6.18 Å². The van der Waals surface area contributed by atoms with Gasteiger partial charge in [0.15, 0.2) is 17.2 Å². The number of alkyl halides is 3. The normalized spacial score (nSPS) is 11.8. The van der Waals surface area contributed by atoms with Crippen LogP contribution in [0.3, 0.4) is 0 Å². The molecule has 6 heteroatoms. The summed E-state index contributed by atoms with van der Waals surface area (Å²) < 4.78 is 43.7. The summed E-state index contributed by atoms with van der Waals surface area (Å²) in [6, 6.07) is 9.61. The van der Waals surface area contributed by atoms with Gasteiger partial charge in [0.2, 0.25) is 0 Å². The first-order chi connectivity index (χ1) is 9.95. The molecule has 1 aromatic heterocycles. The Morgan fingerprint density at radius 2 is 1.76 bits per heavy atom. The van der Waals surface area contributed by atoms with Crippen molar-refractivity contribution in [2.45, 2.75) is 6.18 Å². The van der Waals surface area contributed by atoms with Crippen molar-refractivity contribution in [3.05, 3.63) is 54.2 Å². The van der Waals surface area contributed by atoms with Gasteiger partial charge in [0.05, 0.1) is 5.56 Å². The van der Waals surface area contributed by atoms with E-state index < -0.39 is 11.7 Å². The number of nitrogens with one attached hydrogen (secondary N) is 1. The van der Waals surface area contributed by atoms with Gasteiger partial charge in [-0.1, -0.05) is 12.1 Å². The molecule has 0 aliphatic carbocycles. The minimum Gasteiger partial charge on any atom is -0.504 e. The van der Waals surface area contributed by atoms with E-state index in [0.29, 0.717) is 10.9 Å². The van der Waals surface area contributed by atoms with Crippen LogP contribution in [0.1, 0.15) is 5.56 Å². The van der Waals surface area contributed by atoms with Crippen LogP contribution >= 0.6 is 0 Å². The quantitative estimate of drug-likeness (QED) is 0.720. The van der Waals surface area contributed by atoms with Crippen molar-refractivity contribution in [2.75, 3.05) is 0 Å². The highest BCUT2D eigenvalue weighted by molar-refractivity contribution is 5.87. The Morgan fingerprint density at radius 3 is 2.48 bits per heavy atom. The van der Waals surface area contributed by atoms with Gasteiger partial charge in [-0.05, 0) is 30.3 Å². The van der Waals surface area contributed by atoms with E-state index in [1.54, 1.807) is 12.1 Å². The maximum Gasteiger partial charge on any atom is 0.416 e. The smallest absolute Gasteiger partial charge is 0.416 e. The number of rotatable bonds is 2. The van der Waals surface area contributed by atoms with Crippen LogP contribution in [0.5, 0.6) is 17.2 Å². The SMILES string of the molecule is Oc1ccccc1Oc1c[nH]c2ccc(C(F)(F)F)cc12. The molecule has 0 saturated carbocycles. The number of para-hydroxylation sites is 2. The van der Waals surface area contributed by atoms with E-state index in [2.05, 4.69) is 4.98 Å². The average molecular weight is 293 g/mol. The highest BCUT2D eigenvalue weighted by atomic mass is 19.4. The van der Waals surface area contributed by atoms with E-state index in [9.17, 15) is 18.3 Å². The van der Waals surface area contributed by atoms with Gasteiger partial charge in [-0.3, -0.25) is 0 Å². The summed E-state index contributed by atoms with van der Waals surface area (Å²) in [6.45, 7) is 0. The zero-order valence-corrected chi connectivity index (χ0v) is 10.6. The zero-order valence-electron chi connectivity index (χ0n) is 10.6. The molecule has 0 radical (unpaired) electrons. The van der Waals surface area contributed by atoms with Crippen LogP contribution < -0.4 is 4.74 Å². The molecule has 21 heavy (non-hydrogen) atoms. The number of phenols is 1. The standard InChI is InChI=1S/C15H10F3NO2/c16-15(17,18)9-5-6-11-10(7-9)14(8-19-11)21-13-4-2-1-3-12(13)20/h1-8,19-20H. The number of phenolic OH excluding ortho intramolecular Hbond substituents is 1.